The number of hydrogen-bond donors (Lipinski definition) is 3. The van der Waals surface area contributed by atoms with Gasteiger partial charge < -0.3 is 34.2 Å². The second-order valence-corrected chi connectivity index (χ2v) is 14.6. The van der Waals surface area contributed by atoms with Crippen molar-refractivity contribution in [3.8, 4) is 28.7 Å². The number of phenolic OH excluding ortho intramolecular Hbond substituents is 2. The molecule has 0 heterocycles. The number of quaternary nitrogens is 1. The number of benzene rings is 5. The quantitative estimate of drug-likeness (QED) is 0.0316. The van der Waals surface area contributed by atoms with E-state index in [0.29, 0.717) is 62.1 Å². The molecule has 0 radical (unpaired) electrons. The molecule has 0 fully saturated rings. The van der Waals surface area contributed by atoms with Gasteiger partial charge in [-0.05, 0) is 31.6 Å². The van der Waals surface area contributed by atoms with Crippen LogP contribution in [0.5, 0.6) is 28.7 Å². The molecule has 5 aromatic rings. The van der Waals surface area contributed by atoms with Crippen molar-refractivity contribution in [3.05, 3.63) is 49.3 Å². The van der Waals surface area contributed by atoms with E-state index in [2.05, 4.69) is 26.3 Å². The number of ether oxygens (including phenoxy) is 3. The molecule has 3 N–H and O–H groups in total. The molecule has 1 aliphatic carbocycles. The summed E-state index contributed by atoms with van der Waals surface area (Å²) in [5.74, 6) is 0.422. The van der Waals surface area contributed by atoms with Crippen LogP contribution < -0.4 is 30.4 Å². The van der Waals surface area contributed by atoms with E-state index < -0.39 is 5.43 Å². The van der Waals surface area contributed by atoms with Crippen LogP contribution in [0.25, 0.3) is 49.2 Å². The zero-order chi connectivity index (χ0) is 35.9. The first-order valence-corrected chi connectivity index (χ1v) is 18.0. The minimum Gasteiger partial charge on any atom is -0.505 e. The van der Waals surface area contributed by atoms with Crippen LogP contribution in [0.2, 0.25) is 0 Å². The Hall–Kier alpha value is -4.50. The van der Waals surface area contributed by atoms with E-state index >= 15 is 0 Å². The van der Waals surface area contributed by atoms with E-state index in [4.69, 9.17) is 14.2 Å². The summed E-state index contributed by atoms with van der Waals surface area (Å²) in [5.41, 5.74) is 2.03. The maximum Gasteiger partial charge on any atom is 0.194 e. The first-order valence-electron chi connectivity index (χ1n) is 18.0. The summed E-state index contributed by atoms with van der Waals surface area (Å²) in [5, 5.41) is 30.9. The number of nitrogens with zero attached hydrogens (tertiary/aromatic N) is 1. The van der Waals surface area contributed by atoms with Gasteiger partial charge in [-0.15, -0.1) is 0 Å². The summed E-state index contributed by atoms with van der Waals surface area (Å²) in [6.07, 6.45) is 12.7. The normalized spacial score (nSPS) is 13.1. The van der Waals surface area contributed by atoms with Gasteiger partial charge >= 0.3 is 0 Å². The van der Waals surface area contributed by atoms with Crippen molar-refractivity contribution in [1.82, 2.24) is 0 Å². The van der Waals surface area contributed by atoms with Gasteiger partial charge in [0.25, 0.3) is 0 Å². The smallest absolute Gasteiger partial charge is 0.194 e. The lowest BCUT2D eigenvalue weighted by Crippen LogP contribution is -2.43. The van der Waals surface area contributed by atoms with E-state index in [0.717, 1.165) is 29.6 Å². The molecule has 50 heavy (non-hydrogen) atoms. The molecule has 0 saturated carbocycles. The maximum absolute atomic E-state index is 13.9. The lowest BCUT2D eigenvalue weighted by atomic mass is 9.83. The molecule has 1 aliphatic rings. The molecule has 0 unspecified atom stereocenters. The molecule has 266 valence electrons. The molecule has 0 atom stereocenters. The minimum atomic E-state index is -0.414. The van der Waals surface area contributed by atoms with Gasteiger partial charge in [0.1, 0.15) is 11.5 Å². The molecule has 9 nitrogen and oxygen atoms in total. The monoisotopic (exact) mass is 683 g/mol. The lowest BCUT2D eigenvalue weighted by Gasteiger charge is -2.30. The number of hydrogen-bond acceptors (Lipinski definition) is 8. The summed E-state index contributed by atoms with van der Waals surface area (Å²) in [7, 11) is 8.91. The fourth-order valence-corrected chi connectivity index (χ4v) is 8.18. The number of methoxy groups -OCH3 is 3. The number of rotatable bonds is 16. The van der Waals surface area contributed by atoms with Crippen LogP contribution in [-0.4, -0.2) is 69.8 Å². The zero-order valence-electron chi connectivity index (χ0n) is 30.6. The third-order valence-electron chi connectivity index (χ3n) is 10.7. The van der Waals surface area contributed by atoms with Gasteiger partial charge in [0.05, 0.1) is 71.5 Å². The first-order chi connectivity index (χ1) is 24.0. The van der Waals surface area contributed by atoms with Crippen molar-refractivity contribution in [2.24, 2.45) is 0 Å². The lowest BCUT2D eigenvalue weighted by molar-refractivity contribution is -0.888. The largest absolute Gasteiger partial charge is 0.505 e. The molecule has 5 aromatic carbocycles. The van der Waals surface area contributed by atoms with Crippen molar-refractivity contribution in [2.75, 3.05) is 60.4 Å². The van der Waals surface area contributed by atoms with E-state index in [9.17, 15) is 19.8 Å². The highest BCUT2D eigenvalue weighted by Gasteiger charge is 2.33. The summed E-state index contributed by atoms with van der Waals surface area (Å²) < 4.78 is 18.2. The Balaban J connectivity index is 1.52. The van der Waals surface area contributed by atoms with Crippen molar-refractivity contribution in [2.45, 2.75) is 71.6 Å². The SMILES string of the molecule is CCCCCCCCCC[N+](C)(C)CCNc1c(O)c2c(=O)cc(OC)c3c4c(OC)cc(=O)c5c(O)c(OC)c6c(c(c1C=C(C)C6)c23)c54. The van der Waals surface area contributed by atoms with Gasteiger partial charge in [0.2, 0.25) is 0 Å². The predicted molar refractivity (Wildman–Crippen MR) is 205 cm³/mol. The average Bonchev–Trinajstić information content (AvgIpc) is 3.23. The Morgan fingerprint density at radius 3 is 1.84 bits per heavy atom. The number of aromatic hydroxyl groups is 2. The number of nitrogens with one attached hydrogen (secondary N) is 1. The number of phenols is 2. The predicted octanol–water partition coefficient (Wildman–Crippen LogP) is 7.92. The van der Waals surface area contributed by atoms with Gasteiger partial charge in [-0.25, -0.2) is 0 Å². The highest BCUT2D eigenvalue weighted by atomic mass is 16.5. The molecule has 0 saturated heterocycles. The topological polar surface area (TPSA) is 114 Å². The summed E-state index contributed by atoms with van der Waals surface area (Å²) in [6.45, 7) is 6.66. The highest BCUT2D eigenvalue weighted by molar-refractivity contribution is 6.39. The molecule has 6 rings (SSSR count). The van der Waals surface area contributed by atoms with Gasteiger partial charge in [-0.1, -0.05) is 57.1 Å². The Bertz CT molecular complexity index is 2220. The molecular weight excluding hydrogens is 632 g/mol. The number of fused-ring (bicyclic) bond motifs is 1. The third kappa shape index (κ3) is 5.89. The van der Waals surface area contributed by atoms with Crippen molar-refractivity contribution < 1.29 is 28.9 Å². The molecule has 9 heteroatoms. The van der Waals surface area contributed by atoms with Crippen molar-refractivity contribution in [1.29, 1.82) is 0 Å². The van der Waals surface area contributed by atoms with Crippen LogP contribution in [0.1, 0.15) is 76.3 Å². The van der Waals surface area contributed by atoms with Gasteiger partial charge in [-0.2, -0.15) is 0 Å². The summed E-state index contributed by atoms with van der Waals surface area (Å²) in [4.78, 5) is 27.6. The van der Waals surface area contributed by atoms with Gasteiger partial charge in [-0.3, -0.25) is 9.59 Å². The van der Waals surface area contributed by atoms with Crippen LogP contribution in [0.4, 0.5) is 5.69 Å². The van der Waals surface area contributed by atoms with Crippen molar-refractivity contribution in [3.63, 3.8) is 0 Å². The minimum absolute atomic E-state index is 0.108. The number of anilines is 1. The first kappa shape index (κ1) is 35.3. The molecule has 0 spiro atoms. The number of allylic oxidation sites excluding steroid dienone is 1. The van der Waals surface area contributed by atoms with E-state index in [1.54, 1.807) is 0 Å². The van der Waals surface area contributed by atoms with Gasteiger partial charge in [0.15, 0.2) is 28.1 Å². The highest BCUT2D eigenvalue weighted by Crippen LogP contribution is 2.56. The second-order valence-electron chi connectivity index (χ2n) is 14.6. The van der Waals surface area contributed by atoms with Crippen LogP contribution in [0.15, 0.2) is 27.3 Å². The third-order valence-corrected chi connectivity index (χ3v) is 10.7. The Morgan fingerprint density at radius 2 is 1.26 bits per heavy atom. The van der Waals surface area contributed by atoms with E-state index in [-0.39, 0.29) is 44.9 Å². The van der Waals surface area contributed by atoms with Crippen LogP contribution >= 0.6 is 0 Å². The number of likely N-dealkylation sites (N-methyl/N-ethyl adjacent to an activating group) is 1. The molecule has 0 aliphatic heterocycles. The molecular formula is C41H51N2O7+. The van der Waals surface area contributed by atoms with Crippen molar-refractivity contribution >= 4 is 54.9 Å². The van der Waals surface area contributed by atoms with E-state index in [1.165, 1.54) is 78.4 Å². The number of unbranched alkanes of at least 4 members (excludes halogenated alkanes) is 7. The molecule has 0 bridgehead atoms. The Kier molecular flexibility index (Phi) is 9.91. The summed E-state index contributed by atoms with van der Waals surface area (Å²) >= 11 is 0. The molecule has 0 aromatic heterocycles. The van der Waals surface area contributed by atoms with E-state index in [1.807, 2.05) is 13.0 Å². The van der Waals surface area contributed by atoms with Gasteiger partial charge in [0, 0.05) is 50.2 Å². The Labute approximate surface area is 293 Å². The van der Waals surface area contributed by atoms with Crippen LogP contribution in [0.3, 0.4) is 0 Å². The summed E-state index contributed by atoms with van der Waals surface area (Å²) in [6, 6.07) is 2.72. The zero-order valence-corrected chi connectivity index (χ0v) is 30.6. The molecule has 0 amide bonds. The maximum atomic E-state index is 13.9. The van der Waals surface area contributed by atoms with Crippen LogP contribution in [0, 0.1) is 0 Å². The fraction of sp³-hybridized carbons (Fsp3) is 0.463. The van der Waals surface area contributed by atoms with Crippen LogP contribution in [-0.2, 0) is 6.42 Å². The fourth-order valence-electron chi connectivity index (χ4n) is 8.18. The standard InChI is InChI=1S/C41H50N2O7/c1-8-9-10-11-12-13-14-15-17-43(3,4)18-16-42-38-24-19-23(2)20-25-31-30(24)36-32(39(38)46)26(44)21-28(48-5)34(36)35-29(49-6)22-27(45)33(37(31)35)40(47)41(25)50-7/h19,21-22H,8-18,20H2,1-7H3,(H2-,42,44,45,46,47)/p+1. The Morgan fingerprint density at radius 1 is 0.700 bits per heavy atom. The second kappa shape index (κ2) is 14.0. The average molecular weight is 684 g/mol.